The van der Waals surface area contributed by atoms with E-state index in [4.69, 9.17) is 0 Å². The molecule has 0 aliphatic heterocycles. The maximum absolute atomic E-state index is 14.3. The third-order valence-corrected chi connectivity index (χ3v) is 13.0. The van der Waals surface area contributed by atoms with Crippen molar-refractivity contribution in [2.75, 3.05) is 10.6 Å². The van der Waals surface area contributed by atoms with Crippen molar-refractivity contribution < 1.29 is 99.8 Å². The van der Waals surface area contributed by atoms with E-state index in [0.29, 0.717) is 48.2 Å². The van der Waals surface area contributed by atoms with Crippen LogP contribution in [0.15, 0.2) is 88.7 Å². The largest absolute Gasteiger partial charge is 1.00 e. The Morgan fingerprint density at radius 3 is 1.60 bits per heavy atom. The number of rotatable bonds is 10. The Morgan fingerprint density at radius 1 is 0.600 bits per heavy atom. The second kappa shape index (κ2) is 17.9. The van der Waals surface area contributed by atoms with Crippen LogP contribution >= 0.6 is 0 Å². The number of ketones is 2. The predicted molar refractivity (Wildman–Crippen MR) is 196 cm³/mol. The zero-order valence-electron chi connectivity index (χ0n) is 30.9. The van der Waals surface area contributed by atoms with E-state index < -0.39 is 37.6 Å². The summed E-state index contributed by atoms with van der Waals surface area (Å²) in [6.45, 7) is 0. The summed E-state index contributed by atoms with van der Waals surface area (Å²) in [5, 5.41) is 20.1. The minimum Gasteiger partial charge on any atom is -0.872 e. The fourth-order valence-electron chi connectivity index (χ4n) is 8.62. The molecule has 15 heteroatoms. The van der Waals surface area contributed by atoms with Gasteiger partial charge in [-0.15, -0.1) is 0 Å². The van der Waals surface area contributed by atoms with Crippen LogP contribution in [0.1, 0.15) is 94.3 Å². The van der Waals surface area contributed by atoms with Crippen molar-refractivity contribution >= 4 is 43.2 Å². The Hall–Kier alpha value is -2.56. The van der Waals surface area contributed by atoms with Crippen molar-refractivity contribution in [3.05, 3.63) is 112 Å². The van der Waals surface area contributed by atoms with E-state index in [-0.39, 0.29) is 115 Å². The number of benzene rings is 4. The number of nitrogens with one attached hydrogen (secondary N) is 2. The molecule has 0 amide bonds. The number of hydrogen-bond acceptors (Lipinski definition) is 10. The molecule has 2 fully saturated rings. The summed E-state index contributed by atoms with van der Waals surface area (Å²) >= 11 is 0. The second-order valence-electron chi connectivity index (χ2n) is 14.4. The van der Waals surface area contributed by atoms with Gasteiger partial charge in [0, 0.05) is 34.6 Å². The minimum atomic E-state index is -4.69. The van der Waals surface area contributed by atoms with E-state index in [1.807, 2.05) is 0 Å². The Kier molecular flexibility index (Phi) is 14.2. The molecule has 4 atom stereocenters. The topological polar surface area (TPSA) is 193 Å². The van der Waals surface area contributed by atoms with Crippen molar-refractivity contribution in [3.63, 3.8) is 0 Å². The van der Waals surface area contributed by atoms with Crippen LogP contribution in [-0.2, 0) is 33.1 Å². The van der Waals surface area contributed by atoms with Crippen LogP contribution in [0.3, 0.4) is 0 Å². The summed E-state index contributed by atoms with van der Waals surface area (Å²) in [6, 6.07) is 19.8. The van der Waals surface area contributed by atoms with Gasteiger partial charge in [-0.2, -0.15) is 8.42 Å². The first-order chi connectivity index (χ1) is 25.3. The standard InChI is InChI=1S/C40H42N2O9S2.2Na/c43-33-17-9-14-28-36(33)40(45)38-32(42-30-16-6-2-11-25(30)23-27-13-4-8-19-35(27)53(49,50)51)21-20-31(37(38)39(28)44)41-29-15-5-1-10-24(29)22-26-12-3-7-18-34(26)52(46,47)48;;/h3-4,7-9,12-14,17-21,24-25,29-30,41-43H,1-2,5-6,10-11,15-16,22-23H2,(H,46,47,48)(H,49,50,51);;/q;2*+1/p-2. The van der Waals surface area contributed by atoms with Crippen LogP contribution in [-0.4, -0.2) is 49.6 Å². The molecule has 3 aliphatic carbocycles. The van der Waals surface area contributed by atoms with Gasteiger partial charge in [-0.3, -0.25) is 14.1 Å². The Labute approximate surface area is 366 Å². The molecule has 0 spiro atoms. The molecular weight excluding hydrogens is 763 g/mol. The maximum Gasteiger partial charge on any atom is 1.00 e. The van der Waals surface area contributed by atoms with Crippen molar-refractivity contribution in [1.29, 1.82) is 0 Å². The molecule has 0 saturated heterocycles. The van der Waals surface area contributed by atoms with Gasteiger partial charge in [0.05, 0.1) is 20.9 Å². The van der Waals surface area contributed by atoms with Crippen molar-refractivity contribution in [2.24, 2.45) is 11.8 Å². The summed E-state index contributed by atoms with van der Waals surface area (Å²) in [5.41, 5.74) is 1.84. The van der Waals surface area contributed by atoms with Gasteiger partial charge in [0.1, 0.15) is 10.1 Å². The summed E-state index contributed by atoms with van der Waals surface area (Å²) in [5.74, 6) is -1.72. The van der Waals surface area contributed by atoms with Gasteiger partial charge < -0.3 is 20.3 Å². The molecule has 0 heterocycles. The monoisotopic (exact) mass is 802 g/mol. The van der Waals surface area contributed by atoms with Crippen LogP contribution in [0, 0.1) is 11.8 Å². The van der Waals surface area contributed by atoms with Gasteiger partial charge in [0.2, 0.25) is 0 Å². The summed E-state index contributed by atoms with van der Waals surface area (Å²) < 4.78 is 70.4. The first-order valence-corrected chi connectivity index (χ1v) is 20.8. The van der Waals surface area contributed by atoms with E-state index in [0.717, 1.165) is 38.5 Å². The number of carbonyl (C=O) groups is 2. The van der Waals surface area contributed by atoms with E-state index in [9.17, 15) is 40.6 Å². The summed E-state index contributed by atoms with van der Waals surface area (Å²) in [6.07, 6.45) is 7.22. The van der Waals surface area contributed by atoms with E-state index in [2.05, 4.69) is 10.6 Å². The Balaban J connectivity index is 0.00000290. The third-order valence-electron chi connectivity index (χ3n) is 11.1. The van der Waals surface area contributed by atoms with Gasteiger partial charge in [0.15, 0.2) is 11.6 Å². The minimum absolute atomic E-state index is 0. The summed E-state index contributed by atoms with van der Waals surface area (Å²) in [7, 11) is -9.13. The Bertz CT molecular complexity index is 2320. The SMILES string of the molecule is O=C1c2cccc([O-])c2C(=O)c2c(NC3CCCCC3Cc3ccccc3S(=O)(=O)O)ccc(NC3CCCCC3Cc3ccccc3S(=O)(=O)[O-])c21.[Na+].[Na+]. The zero-order chi connectivity index (χ0) is 37.5. The first-order valence-electron chi connectivity index (χ1n) is 18.0. The average Bonchev–Trinajstić information content (AvgIpc) is 3.12. The zero-order valence-corrected chi connectivity index (χ0v) is 36.5. The molecule has 3 N–H and O–H groups in total. The summed E-state index contributed by atoms with van der Waals surface area (Å²) in [4.78, 5) is 28.3. The van der Waals surface area contributed by atoms with E-state index in [1.165, 1.54) is 36.4 Å². The van der Waals surface area contributed by atoms with Crippen molar-refractivity contribution in [1.82, 2.24) is 0 Å². The molecule has 4 unspecified atom stereocenters. The molecule has 0 radical (unpaired) electrons. The van der Waals surface area contributed by atoms with Crippen molar-refractivity contribution in [3.8, 4) is 5.75 Å². The van der Waals surface area contributed by atoms with E-state index >= 15 is 0 Å². The normalized spacial score (nSPS) is 21.0. The number of anilines is 2. The first kappa shape index (κ1) is 43.6. The molecule has 0 aromatic heterocycles. The van der Waals surface area contributed by atoms with Crippen LogP contribution < -0.4 is 74.9 Å². The van der Waals surface area contributed by atoms with Gasteiger partial charge in [-0.05, 0) is 85.8 Å². The molecule has 7 rings (SSSR count). The molecule has 3 aliphatic rings. The molecule has 278 valence electrons. The quantitative estimate of drug-likeness (QED) is 0.128. The van der Waals surface area contributed by atoms with Gasteiger partial charge >= 0.3 is 59.1 Å². The maximum atomic E-state index is 14.3. The smallest absolute Gasteiger partial charge is 0.872 e. The van der Waals surface area contributed by atoms with Crippen molar-refractivity contribution in [2.45, 2.75) is 86.1 Å². The number of carbonyl (C=O) groups excluding carboxylic acids is 2. The van der Waals surface area contributed by atoms with Crippen LogP contribution in [0.2, 0.25) is 0 Å². The van der Waals surface area contributed by atoms with Gasteiger partial charge in [0.25, 0.3) is 10.1 Å². The number of hydrogen-bond donors (Lipinski definition) is 3. The van der Waals surface area contributed by atoms with Crippen LogP contribution in [0.4, 0.5) is 11.4 Å². The second-order valence-corrected chi connectivity index (χ2v) is 17.1. The molecule has 0 bridgehead atoms. The van der Waals surface area contributed by atoms with Gasteiger partial charge in [-0.1, -0.05) is 86.0 Å². The molecule has 4 aromatic carbocycles. The Morgan fingerprint density at radius 2 is 1.07 bits per heavy atom. The van der Waals surface area contributed by atoms with E-state index in [1.54, 1.807) is 42.5 Å². The average molecular weight is 803 g/mol. The molecule has 55 heavy (non-hydrogen) atoms. The number of fused-ring (bicyclic) bond motifs is 2. The third kappa shape index (κ3) is 9.27. The molecule has 11 nitrogen and oxygen atoms in total. The van der Waals surface area contributed by atoms with Crippen LogP contribution in [0.5, 0.6) is 5.75 Å². The predicted octanol–water partition coefficient (Wildman–Crippen LogP) is 0.121. The van der Waals surface area contributed by atoms with Crippen LogP contribution in [0.25, 0.3) is 0 Å². The van der Waals surface area contributed by atoms with Gasteiger partial charge in [-0.25, -0.2) is 8.42 Å². The molecular formula is C40H40N2Na2O9S2. The fourth-order valence-corrected chi connectivity index (χ4v) is 10.1. The fraction of sp³-hybridized carbons (Fsp3) is 0.350. The molecule has 4 aromatic rings. The molecule has 2 saturated carbocycles.